The van der Waals surface area contributed by atoms with E-state index in [9.17, 15) is 45.9 Å². The first kappa shape index (κ1) is 39.9. The number of halogens is 5. The Morgan fingerprint density at radius 3 is 2.24 bits per heavy atom. The average molecular weight is 770 g/mol. The number of carbonyl (C=O) groups excluding carboxylic acids is 1. The Morgan fingerprint density at radius 1 is 0.926 bits per heavy atom. The van der Waals surface area contributed by atoms with Crippen molar-refractivity contribution in [3.8, 4) is 11.8 Å². The Balaban J connectivity index is 1.69. The summed E-state index contributed by atoms with van der Waals surface area (Å²) in [6, 6.07) is 14.0. The van der Waals surface area contributed by atoms with Crippen LogP contribution < -0.4 is 9.64 Å². The molecule has 1 amide bonds. The minimum atomic E-state index is -5.46. The second-order valence-electron chi connectivity index (χ2n) is 13.9. The predicted octanol–water partition coefficient (Wildman–Crippen LogP) is 7.95. The van der Waals surface area contributed by atoms with Crippen LogP contribution in [0.2, 0.25) is 0 Å². The van der Waals surface area contributed by atoms with Gasteiger partial charge in [0, 0.05) is 12.6 Å². The van der Waals surface area contributed by atoms with E-state index < -0.39 is 69.0 Å². The van der Waals surface area contributed by atoms with E-state index in [0.29, 0.717) is 9.87 Å². The second-order valence-corrected chi connectivity index (χ2v) is 15.8. The molecule has 4 aromatic carbocycles. The number of rotatable bonds is 13. The van der Waals surface area contributed by atoms with Gasteiger partial charge in [-0.1, -0.05) is 39.0 Å². The molecule has 5 rings (SSSR count). The molecule has 0 spiro atoms. The van der Waals surface area contributed by atoms with E-state index in [1.807, 2.05) is 32.9 Å². The Kier molecular flexibility index (Phi) is 11.5. The number of ether oxygens (including phenoxy) is 1. The number of anilines is 1. The maximum Gasteiger partial charge on any atom is 0.335 e. The lowest BCUT2D eigenvalue weighted by Crippen LogP contribution is -2.43. The first-order chi connectivity index (χ1) is 25.3. The summed E-state index contributed by atoms with van der Waals surface area (Å²) in [4.78, 5) is 26.0. The van der Waals surface area contributed by atoms with Gasteiger partial charge in [-0.25, -0.2) is 35.2 Å². The molecule has 1 N–H and O–H groups in total. The highest BCUT2D eigenvalue weighted by Crippen LogP contribution is 2.42. The summed E-state index contributed by atoms with van der Waals surface area (Å²) >= 11 is 0. The molecule has 0 aliphatic heterocycles. The van der Waals surface area contributed by atoms with E-state index in [0.717, 1.165) is 47.1 Å². The number of hydrogen-bond donors (Lipinski definition) is 1. The molecule has 54 heavy (non-hydrogen) atoms. The van der Waals surface area contributed by atoms with Crippen LogP contribution in [0.4, 0.5) is 27.6 Å². The predicted molar refractivity (Wildman–Crippen MR) is 188 cm³/mol. The maximum absolute atomic E-state index is 15.1. The number of aromatic carboxylic acids is 1. The number of benzene rings is 4. The molecular formula is C39H36F5N3O6S. The van der Waals surface area contributed by atoms with Crippen molar-refractivity contribution in [2.45, 2.75) is 69.9 Å². The van der Waals surface area contributed by atoms with Crippen LogP contribution in [-0.4, -0.2) is 42.9 Å². The van der Waals surface area contributed by atoms with Crippen LogP contribution in [0.25, 0.3) is 0 Å². The number of carboxylic acid groups (broad SMARTS) is 1. The quantitative estimate of drug-likeness (QED) is 0.0831. The largest absolute Gasteiger partial charge is 0.492 e. The van der Waals surface area contributed by atoms with Gasteiger partial charge in [0.15, 0.2) is 23.3 Å². The van der Waals surface area contributed by atoms with Crippen LogP contribution in [-0.2, 0) is 33.3 Å². The topological polar surface area (TPSA) is 128 Å². The van der Waals surface area contributed by atoms with Crippen molar-refractivity contribution in [3.05, 3.63) is 123 Å². The standard InChI is InChI=1S/C39H36F5N3O6S/c1-5-53-32-16-24(38(49)50)9-11-31(32)47(19-22-12-26(23-6-7-23)14-28(13-22)39(2,3)4)34(48)21-46(20-27-15-29(40)10-8-25(27)18-45)54(51,52)33-17-30(41)35(42)37(44)36(33)43/h8-17,23H,5-7,19-21H2,1-4H3,(H,49,50). The molecule has 0 heterocycles. The van der Waals surface area contributed by atoms with Crippen molar-refractivity contribution in [3.63, 3.8) is 0 Å². The third-order valence-corrected chi connectivity index (χ3v) is 10.7. The fourth-order valence-corrected chi connectivity index (χ4v) is 7.29. The molecule has 4 aromatic rings. The van der Waals surface area contributed by atoms with Gasteiger partial charge in [0.2, 0.25) is 15.9 Å². The third-order valence-electron chi connectivity index (χ3n) is 8.90. The van der Waals surface area contributed by atoms with Gasteiger partial charge in [-0.3, -0.25) is 4.79 Å². The van der Waals surface area contributed by atoms with Gasteiger partial charge in [-0.15, -0.1) is 0 Å². The molecule has 15 heteroatoms. The van der Waals surface area contributed by atoms with Crippen molar-refractivity contribution < 1.29 is 49.8 Å². The normalized spacial score (nSPS) is 13.1. The van der Waals surface area contributed by atoms with Crippen LogP contribution >= 0.6 is 0 Å². The lowest BCUT2D eigenvalue weighted by Gasteiger charge is -2.30. The molecule has 1 fully saturated rings. The Labute approximate surface area is 309 Å². The molecular weight excluding hydrogens is 734 g/mol. The highest BCUT2D eigenvalue weighted by molar-refractivity contribution is 7.89. The van der Waals surface area contributed by atoms with Gasteiger partial charge in [0.1, 0.15) is 16.5 Å². The van der Waals surface area contributed by atoms with E-state index in [1.54, 1.807) is 13.0 Å². The minimum absolute atomic E-state index is 0.0202. The minimum Gasteiger partial charge on any atom is -0.492 e. The Morgan fingerprint density at radius 2 is 1.63 bits per heavy atom. The third kappa shape index (κ3) is 8.55. The van der Waals surface area contributed by atoms with Crippen molar-refractivity contribution in [1.82, 2.24) is 4.31 Å². The van der Waals surface area contributed by atoms with Gasteiger partial charge in [0.05, 0.1) is 42.6 Å². The van der Waals surface area contributed by atoms with Gasteiger partial charge in [-0.2, -0.15) is 9.57 Å². The number of carbonyl (C=O) groups is 2. The summed E-state index contributed by atoms with van der Waals surface area (Å²) in [5, 5.41) is 19.4. The molecule has 1 saturated carbocycles. The highest BCUT2D eigenvalue weighted by Gasteiger charge is 2.36. The lowest BCUT2D eigenvalue weighted by atomic mass is 9.84. The molecule has 284 valence electrons. The second kappa shape index (κ2) is 15.6. The summed E-state index contributed by atoms with van der Waals surface area (Å²) in [5.74, 6) is -12.0. The summed E-state index contributed by atoms with van der Waals surface area (Å²) in [6.45, 7) is 5.29. The summed E-state index contributed by atoms with van der Waals surface area (Å²) in [5.41, 5.74) is 1.57. The molecule has 1 aliphatic rings. The number of amides is 1. The number of hydrogen-bond acceptors (Lipinski definition) is 6. The van der Waals surface area contributed by atoms with Crippen LogP contribution in [0, 0.1) is 40.4 Å². The maximum atomic E-state index is 15.1. The molecule has 9 nitrogen and oxygen atoms in total. The Hall–Kier alpha value is -5.33. The van der Waals surface area contributed by atoms with E-state index in [4.69, 9.17) is 4.74 Å². The van der Waals surface area contributed by atoms with E-state index >= 15 is 4.39 Å². The summed E-state index contributed by atoms with van der Waals surface area (Å²) in [6.07, 6.45) is 1.92. The fourth-order valence-electron chi connectivity index (χ4n) is 5.86. The molecule has 0 aromatic heterocycles. The van der Waals surface area contributed by atoms with Gasteiger partial charge >= 0.3 is 5.97 Å². The SMILES string of the molecule is CCOc1cc(C(=O)O)ccc1N(Cc1cc(C2CC2)cc(C(C)(C)C)c1)C(=O)CN(Cc1cc(F)ccc1C#N)S(=O)(=O)c1cc(F)c(F)c(F)c1F. The van der Waals surface area contributed by atoms with Crippen molar-refractivity contribution in [2.24, 2.45) is 0 Å². The first-order valence-corrected chi connectivity index (χ1v) is 18.3. The van der Waals surface area contributed by atoms with E-state index in [-0.39, 0.29) is 58.7 Å². The van der Waals surface area contributed by atoms with Crippen LogP contribution in [0.3, 0.4) is 0 Å². The zero-order valence-corrected chi connectivity index (χ0v) is 30.5. The van der Waals surface area contributed by atoms with E-state index in [2.05, 4.69) is 6.07 Å². The first-order valence-electron chi connectivity index (χ1n) is 16.8. The molecule has 0 radical (unpaired) electrons. The summed E-state index contributed by atoms with van der Waals surface area (Å²) in [7, 11) is -5.46. The monoisotopic (exact) mass is 769 g/mol. The van der Waals surface area contributed by atoms with Crippen molar-refractivity contribution >= 4 is 27.6 Å². The van der Waals surface area contributed by atoms with Crippen LogP contribution in [0.1, 0.15) is 84.6 Å². The van der Waals surface area contributed by atoms with Crippen molar-refractivity contribution in [2.75, 3.05) is 18.1 Å². The molecule has 0 saturated heterocycles. The summed E-state index contributed by atoms with van der Waals surface area (Å²) < 4.78 is 106. The van der Waals surface area contributed by atoms with Gasteiger partial charge < -0.3 is 14.7 Å². The van der Waals surface area contributed by atoms with Crippen molar-refractivity contribution in [1.29, 1.82) is 5.26 Å². The molecule has 0 bridgehead atoms. The molecule has 0 atom stereocenters. The fraction of sp³-hybridized carbons (Fsp3) is 0.308. The number of nitrogens with zero attached hydrogens (tertiary/aromatic N) is 3. The lowest BCUT2D eigenvalue weighted by molar-refractivity contribution is -0.119. The highest BCUT2D eigenvalue weighted by atomic mass is 32.2. The number of sulfonamides is 1. The zero-order chi connectivity index (χ0) is 39.7. The number of carboxylic acids is 1. The zero-order valence-electron chi connectivity index (χ0n) is 29.7. The van der Waals surface area contributed by atoms with Gasteiger partial charge in [-0.05, 0) is 89.8 Å². The van der Waals surface area contributed by atoms with Crippen LogP contribution in [0.5, 0.6) is 5.75 Å². The molecule has 1 aliphatic carbocycles. The average Bonchev–Trinajstić information content (AvgIpc) is 3.97. The van der Waals surface area contributed by atoms with Crippen LogP contribution in [0.15, 0.2) is 65.6 Å². The molecule has 0 unspecified atom stereocenters. The van der Waals surface area contributed by atoms with E-state index in [1.165, 1.54) is 18.2 Å². The smallest absolute Gasteiger partial charge is 0.335 e. The number of nitriles is 1. The Bertz CT molecular complexity index is 2280. The van der Waals surface area contributed by atoms with Gasteiger partial charge in [0.25, 0.3) is 0 Å².